The average molecular weight is 225 g/mol. The predicted molar refractivity (Wildman–Crippen MR) is 71.3 cm³/mol. The Balaban J connectivity index is 2.20. The van der Waals surface area contributed by atoms with E-state index in [1.807, 2.05) is 12.3 Å². The third kappa shape index (κ3) is 1.68. The molecule has 0 bridgehead atoms. The Morgan fingerprint density at radius 1 is 1.29 bits per heavy atom. The number of aromatic nitrogens is 2. The molecule has 0 aliphatic carbocycles. The molecule has 0 spiro atoms. The molecule has 1 aliphatic heterocycles. The van der Waals surface area contributed by atoms with Gasteiger partial charge in [-0.05, 0) is 32.1 Å². The van der Waals surface area contributed by atoms with Gasteiger partial charge in [-0.25, -0.2) is 4.98 Å². The van der Waals surface area contributed by atoms with Crippen LogP contribution in [-0.4, -0.2) is 21.8 Å². The van der Waals surface area contributed by atoms with E-state index in [1.54, 1.807) is 0 Å². The second-order valence-corrected chi connectivity index (χ2v) is 4.49. The molecule has 3 nitrogen and oxygen atoms in total. The highest BCUT2D eigenvalue weighted by Crippen LogP contribution is 2.24. The Labute approximate surface area is 101 Å². The number of benzene rings is 1. The summed E-state index contributed by atoms with van der Waals surface area (Å²) in [5.41, 5.74) is 3.51. The van der Waals surface area contributed by atoms with Gasteiger partial charge in [-0.3, -0.25) is 4.99 Å². The molecule has 1 aromatic heterocycles. The van der Waals surface area contributed by atoms with Gasteiger partial charge in [-0.2, -0.15) is 0 Å². The fourth-order valence-electron chi connectivity index (χ4n) is 2.37. The summed E-state index contributed by atoms with van der Waals surface area (Å²) in [7, 11) is 0. The van der Waals surface area contributed by atoms with Gasteiger partial charge < -0.3 is 4.57 Å². The van der Waals surface area contributed by atoms with E-state index in [2.05, 4.69) is 52.7 Å². The van der Waals surface area contributed by atoms with Crippen molar-refractivity contribution >= 4 is 22.9 Å². The standard InChI is InChI=1S/C14H15N3/c1-10-9-12(7-8-15-10)17-11(2)16-13-5-3-4-6-14(13)17/h3-8,10H,9H2,1-2H3. The third-order valence-corrected chi connectivity index (χ3v) is 3.13. The number of aryl methyl sites for hydroxylation is 1. The quantitative estimate of drug-likeness (QED) is 0.733. The molecule has 2 aromatic rings. The van der Waals surface area contributed by atoms with Crippen molar-refractivity contribution in [2.75, 3.05) is 0 Å². The van der Waals surface area contributed by atoms with E-state index in [1.165, 1.54) is 11.2 Å². The summed E-state index contributed by atoms with van der Waals surface area (Å²) >= 11 is 0. The van der Waals surface area contributed by atoms with Gasteiger partial charge in [0, 0.05) is 18.3 Å². The van der Waals surface area contributed by atoms with Crippen molar-refractivity contribution in [2.24, 2.45) is 4.99 Å². The maximum atomic E-state index is 4.59. The van der Waals surface area contributed by atoms with E-state index in [-0.39, 0.29) is 0 Å². The summed E-state index contributed by atoms with van der Waals surface area (Å²) in [5.74, 6) is 1.04. The first-order valence-electron chi connectivity index (χ1n) is 5.92. The second kappa shape index (κ2) is 3.84. The molecule has 1 aromatic carbocycles. The zero-order valence-electron chi connectivity index (χ0n) is 10.1. The maximum Gasteiger partial charge on any atom is 0.111 e. The van der Waals surface area contributed by atoms with E-state index in [0.29, 0.717) is 6.04 Å². The minimum Gasteiger partial charge on any atom is -0.300 e. The predicted octanol–water partition coefficient (Wildman–Crippen LogP) is 3.05. The number of nitrogens with zero attached hydrogens (tertiary/aromatic N) is 3. The molecule has 17 heavy (non-hydrogen) atoms. The van der Waals surface area contributed by atoms with Crippen LogP contribution in [0, 0.1) is 6.92 Å². The minimum atomic E-state index is 0.357. The van der Waals surface area contributed by atoms with E-state index >= 15 is 0 Å². The second-order valence-electron chi connectivity index (χ2n) is 4.49. The summed E-state index contributed by atoms with van der Waals surface area (Å²) in [6, 6.07) is 8.61. The van der Waals surface area contributed by atoms with Gasteiger partial charge in [0.05, 0.1) is 17.1 Å². The number of rotatable bonds is 1. The topological polar surface area (TPSA) is 30.2 Å². The molecule has 0 radical (unpaired) electrons. The van der Waals surface area contributed by atoms with Crippen molar-refractivity contribution in [2.45, 2.75) is 26.3 Å². The molecule has 2 heterocycles. The molecule has 0 saturated carbocycles. The van der Waals surface area contributed by atoms with Crippen LogP contribution in [0.15, 0.2) is 35.3 Å². The van der Waals surface area contributed by atoms with Crippen LogP contribution < -0.4 is 0 Å². The Morgan fingerprint density at radius 3 is 2.94 bits per heavy atom. The Hall–Kier alpha value is -1.90. The largest absolute Gasteiger partial charge is 0.300 e. The van der Waals surface area contributed by atoms with Gasteiger partial charge in [-0.1, -0.05) is 12.1 Å². The lowest BCUT2D eigenvalue weighted by Gasteiger charge is -2.17. The highest BCUT2D eigenvalue weighted by Gasteiger charge is 2.14. The van der Waals surface area contributed by atoms with E-state index in [9.17, 15) is 0 Å². The number of allylic oxidation sites excluding steroid dienone is 1. The van der Waals surface area contributed by atoms with E-state index < -0.39 is 0 Å². The third-order valence-electron chi connectivity index (χ3n) is 3.13. The zero-order chi connectivity index (χ0) is 11.8. The van der Waals surface area contributed by atoms with Crippen molar-refractivity contribution < 1.29 is 0 Å². The number of fused-ring (bicyclic) bond motifs is 1. The fraction of sp³-hybridized carbons (Fsp3) is 0.286. The van der Waals surface area contributed by atoms with Crippen LogP contribution in [0.2, 0.25) is 0 Å². The molecule has 3 rings (SSSR count). The van der Waals surface area contributed by atoms with Crippen molar-refractivity contribution in [3.8, 4) is 0 Å². The monoisotopic (exact) mass is 225 g/mol. The molecule has 1 unspecified atom stereocenters. The lowest BCUT2D eigenvalue weighted by Crippen LogP contribution is -2.10. The van der Waals surface area contributed by atoms with Gasteiger partial charge in [0.15, 0.2) is 0 Å². The molecule has 0 N–H and O–H groups in total. The lowest BCUT2D eigenvalue weighted by molar-refractivity contribution is 0.742. The van der Waals surface area contributed by atoms with Crippen molar-refractivity contribution in [1.29, 1.82) is 0 Å². The molecular formula is C14H15N3. The van der Waals surface area contributed by atoms with Gasteiger partial charge in [-0.15, -0.1) is 0 Å². The molecular weight excluding hydrogens is 210 g/mol. The maximum absolute atomic E-state index is 4.59. The molecule has 86 valence electrons. The number of hydrogen-bond donors (Lipinski definition) is 0. The van der Waals surface area contributed by atoms with Crippen molar-refractivity contribution in [3.63, 3.8) is 0 Å². The van der Waals surface area contributed by atoms with Gasteiger partial charge in [0.1, 0.15) is 5.82 Å². The van der Waals surface area contributed by atoms with Crippen molar-refractivity contribution in [1.82, 2.24) is 9.55 Å². The zero-order valence-corrected chi connectivity index (χ0v) is 10.1. The molecule has 0 amide bonds. The molecule has 0 fully saturated rings. The van der Waals surface area contributed by atoms with Gasteiger partial charge >= 0.3 is 0 Å². The van der Waals surface area contributed by atoms with Crippen LogP contribution in [0.25, 0.3) is 16.7 Å². The first kappa shape index (κ1) is 10.3. The summed E-state index contributed by atoms with van der Waals surface area (Å²) in [4.78, 5) is 8.96. The number of imidazole rings is 1. The minimum absolute atomic E-state index is 0.357. The summed E-state index contributed by atoms with van der Waals surface area (Å²) in [5, 5.41) is 0. The molecule has 1 aliphatic rings. The number of aliphatic imine (C=N–C) groups is 1. The number of dihydropyridines is 1. The van der Waals surface area contributed by atoms with E-state index in [4.69, 9.17) is 0 Å². The van der Waals surface area contributed by atoms with Crippen LogP contribution in [0.1, 0.15) is 19.2 Å². The van der Waals surface area contributed by atoms with Crippen molar-refractivity contribution in [3.05, 3.63) is 36.2 Å². The highest BCUT2D eigenvalue weighted by molar-refractivity contribution is 5.86. The normalized spacial score (nSPS) is 19.6. The Morgan fingerprint density at radius 2 is 2.12 bits per heavy atom. The van der Waals surface area contributed by atoms with Crippen LogP contribution in [-0.2, 0) is 0 Å². The SMILES string of the molecule is Cc1nc2ccccc2n1C1=CC=NC(C)C1. The summed E-state index contributed by atoms with van der Waals surface area (Å²) in [6.07, 6.45) is 4.95. The smallest absolute Gasteiger partial charge is 0.111 e. The van der Waals surface area contributed by atoms with Crippen LogP contribution in [0.5, 0.6) is 0 Å². The number of para-hydroxylation sites is 2. The van der Waals surface area contributed by atoms with Crippen LogP contribution in [0.4, 0.5) is 0 Å². The molecule has 3 heteroatoms. The number of hydrogen-bond acceptors (Lipinski definition) is 2. The van der Waals surface area contributed by atoms with Gasteiger partial charge in [0.25, 0.3) is 0 Å². The molecule has 1 atom stereocenters. The average Bonchev–Trinajstić information content (AvgIpc) is 2.64. The lowest BCUT2D eigenvalue weighted by atomic mass is 10.1. The van der Waals surface area contributed by atoms with Crippen LogP contribution >= 0.6 is 0 Å². The first-order chi connectivity index (χ1) is 8.25. The van der Waals surface area contributed by atoms with E-state index in [0.717, 1.165) is 17.8 Å². The summed E-state index contributed by atoms with van der Waals surface area (Å²) in [6.45, 7) is 4.19. The summed E-state index contributed by atoms with van der Waals surface area (Å²) < 4.78 is 2.23. The highest BCUT2D eigenvalue weighted by atomic mass is 15.1. The van der Waals surface area contributed by atoms with Gasteiger partial charge in [0.2, 0.25) is 0 Å². The fourth-order valence-corrected chi connectivity index (χ4v) is 2.37. The Kier molecular flexibility index (Phi) is 2.32. The molecule has 0 saturated heterocycles. The Bertz CT molecular complexity index is 619. The first-order valence-corrected chi connectivity index (χ1v) is 5.92. The van der Waals surface area contributed by atoms with Crippen LogP contribution in [0.3, 0.4) is 0 Å².